The number of aliphatic hydroxyl groups is 5. The maximum atomic E-state index is 12.7. The Morgan fingerprint density at radius 3 is 2.34 bits per heavy atom. The molecule has 32 heavy (non-hydrogen) atoms. The number of ether oxygens (including phenoxy) is 3. The molecule has 11 heteroatoms. The monoisotopic (exact) mass is 450 g/mol. The summed E-state index contributed by atoms with van der Waals surface area (Å²) in [5, 5.41) is 69.6. The quantitative estimate of drug-likeness (QED) is 0.289. The number of fused-ring (bicyclic) bond motifs is 1. The molecule has 0 aromatic heterocycles. The van der Waals surface area contributed by atoms with Crippen LogP contribution in [0.3, 0.4) is 0 Å². The lowest BCUT2D eigenvalue weighted by Gasteiger charge is -2.39. The molecule has 0 aliphatic carbocycles. The van der Waals surface area contributed by atoms with E-state index in [-0.39, 0.29) is 29.2 Å². The summed E-state index contributed by atoms with van der Waals surface area (Å²) in [5.74, 6) is -4.05. The van der Waals surface area contributed by atoms with Crippen LogP contribution in [0.5, 0.6) is 23.0 Å². The zero-order valence-electron chi connectivity index (χ0n) is 16.5. The van der Waals surface area contributed by atoms with Crippen LogP contribution < -0.4 is 9.47 Å². The van der Waals surface area contributed by atoms with Gasteiger partial charge in [0, 0.05) is 18.6 Å². The molecule has 2 heterocycles. The van der Waals surface area contributed by atoms with Gasteiger partial charge in [0.25, 0.3) is 5.79 Å². The van der Waals surface area contributed by atoms with Gasteiger partial charge in [-0.3, -0.25) is 4.79 Å². The molecule has 2 aromatic rings. The number of rotatable bonds is 5. The van der Waals surface area contributed by atoms with Crippen LogP contribution in [0, 0.1) is 0 Å². The summed E-state index contributed by atoms with van der Waals surface area (Å²) in [7, 11) is 0. The van der Waals surface area contributed by atoms with Gasteiger partial charge in [-0.05, 0) is 17.7 Å². The molecule has 0 bridgehead atoms. The summed E-state index contributed by atoms with van der Waals surface area (Å²) in [6.45, 7) is -0.651. The molecule has 0 amide bonds. The molecule has 2 aliphatic rings. The van der Waals surface area contributed by atoms with Crippen LogP contribution >= 0.6 is 0 Å². The van der Waals surface area contributed by atoms with Crippen molar-refractivity contribution in [1.82, 2.24) is 0 Å². The Balaban J connectivity index is 1.56. The summed E-state index contributed by atoms with van der Waals surface area (Å²) in [6.07, 6.45) is -7.90. The summed E-state index contributed by atoms with van der Waals surface area (Å²) < 4.78 is 16.1. The Morgan fingerprint density at radius 2 is 1.69 bits per heavy atom. The van der Waals surface area contributed by atoms with Gasteiger partial charge in [-0.25, -0.2) is 0 Å². The first-order valence-corrected chi connectivity index (χ1v) is 9.71. The topological polar surface area (TPSA) is 186 Å². The summed E-state index contributed by atoms with van der Waals surface area (Å²) in [5.41, 5.74) is 0.219. The first kappa shape index (κ1) is 22.3. The molecule has 6 atom stereocenters. The second kappa shape index (κ2) is 8.20. The minimum Gasteiger partial charge on any atom is -0.508 e. The van der Waals surface area contributed by atoms with Crippen LogP contribution in [0.1, 0.15) is 15.9 Å². The third-order valence-electron chi connectivity index (χ3n) is 5.40. The molecule has 4 rings (SSSR count). The maximum absolute atomic E-state index is 12.7. The van der Waals surface area contributed by atoms with Gasteiger partial charge in [0.15, 0.2) is 0 Å². The number of aliphatic hydroxyl groups excluding tert-OH is 4. The fraction of sp³-hybridized carbons (Fsp3) is 0.381. The number of Topliss-reactive ketones (excluding diaryl/α,β-unsaturated/α-hetero) is 1. The van der Waals surface area contributed by atoms with Crippen LogP contribution in [-0.2, 0) is 11.2 Å². The Morgan fingerprint density at radius 1 is 1.00 bits per heavy atom. The molecule has 0 spiro atoms. The highest BCUT2D eigenvalue weighted by atomic mass is 16.7. The SMILES string of the molecule is O=C1c2c(O)cc(O[C@@H]3O[C@H](CO)[C@@H](O)[C@H](O)[C@H]3O)cc2OC1(O)Cc1ccc(O)cc1. The van der Waals surface area contributed by atoms with Crippen LogP contribution in [0.2, 0.25) is 0 Å². The number of carbonyl (C=O) groups is 1. The van der Waals surface area contributed by atoms with Gasteiger partial charge in [0.05, 0.1) is 6.61 Å². The zero-order chi connectivity index (χ0) is 23.2. The van der Waals surface area contributed by atoms with Crippen LogP contribution in [0.25, 0.3) is 0 Å². The first-order valence-electron chi connectivity index (χ1n) is 9.71. The van der Waals surface area contributed by atoms with E-state index >= 15 is 0 Å². The van der Waals surface area contributed by atoms with Gasteiger partial charge in [-0.15, -0.1) is 0 Å². The second-order valence-electron chi connectivity index (χ2n) is 7.69. The lowest BCUT2D eigenvalue weighted by atomic mass is 9.98. The molecular formula is C21H22O11. The Labute approximate surface area is 181 Å². The minimum absolute atomic E-state index is 0.00956. The van der Waals surface area contributed by atoms with Crippen LogP contribution in [-0.4, -0.2) is 84.6 Å². The predicted octanol–water partition coefficient (Wildman–Crippen LogP) is -1.22. The number of hydrogen-bond donors (Lipinski definition) is 7. The lowest BCUT2D eigenvalue weighted by Crippen LogP contribution is -2.60. The molecule has 1 unspecified atom stereocenters. The molecule has 1 fully saturated rings. The van der Waals surface area contributed by atoms with E-state index in [0.29, 0.717) is 5.56 Å². The van der Waals surface area contributed by atoms with Crippen molar-refractivity contribution in [3.05, 3.63) is 47.5 Å². The second-order valence-corrected chi connectivity index (χ2v) is 7.69. The summed E-state index contributed by atoms with van der Waals surface area (Å²) >= 11 is 0. The van der Waals surface area contributed by atoms with E-state index < -0.39 is 54.6 Å². The Hall–Kier alpha value is -2.93. The molecule has 2 aromatic carbocycles. The van der Waals surface area contributed by atoms with E-state index in [4.69, 9.17) is 14.2 Å². The predicted molar refractivity (Wildman–Crippen MR) is 104 cm³/mol. The highest BCUT2D eigenvalue weighted by molar-refractivity contribution is 6.08. The van der Waals surface area contributed by atoms with Crippen molar-refractivity contribution < 1.29 is 54.8 Å². The standard InChI is InChI=1S/C21H22O11/c22-8-14-16(25)17(26)18(27)20(31-14)30-11-5-12(24)15-13(6-11)32-21(29,19(15)28)7-9-1-3-10(23)4-2-9/h1-6,14,16-18,20,22-27,29H,7-8H2/t14-,16-,17+,18-,20-,21?/m1/s1. The molecule has 0 saturated carbocycles. The number of carbonyl (C=O) groups excluding carboxylic acids is 1. The van der Waals surface area contributed by atoms with Crippen molar-refractivity contribution in [2.24, 2.45) is 0 Å². The van der Waals surface area contributed by atoms with Crippen LogP contribution in [0.15, 0.2) is 36.4 Å². The third kappa shape index (κ3) is 3.86. The Kier molecular flexibility index (Phi) is 5.71. The summed E-state index contributed by atoms with van der Waals surface area (Å²) in [4.78, 5) is 12.7. The van der Waals surface area contributed by atoms with E-state index in [1.807, 2.05) is 0 Å². The van der Waals surface area contributed by atoms with Crippen molar-refractivity contribution in [2.75, 3.05) is 6.61 Å². The smallest absolute Gasteiger partial charge is 0.277 e. The van der Waals surface area contributed by atoms with Gasteiger partial charge in [0.2, 0.25) is 12.1 Å². The minimum atomic E-state index is -2.31. The fourth-order valence-corrected chi connectivity index (χ4v) is 3.68. The highest BCUT2D eigenvalue weighted by Crippen LogP contribution is 2.43. The lowest BCUT2D eigenvalue weighted by molar-refractivity contribution is -0.277. The third-order valence-corrected chi connectivity index (χ3v) is 5.40. The largest absolute Gasteiger partial charge is 0.508 e. The van der Waals surface area contributed by atoms with Gasteiger partial charge < -0.3 is 50.0 Å². The number of aromatic hydroxyl groups is 2. The molecule has 0 radical (unpaired) electrons. The normalized spacial score (nSPS) is 31.8. The molecule has 2 aliphatic heterocycles. The number of benzene rings is 2. The van der Waals surface area contributed by atoms with E-state index in [1.54, 1.807) is 0 Å². The van der Waals surface area contributed by atoms with Crippen molar-refractivity contribution in [3.63, 3.8) is 0 Å². The van der Waals surface area contributed by atoms with E-state index in [9.17, 15) is 40.5 Å². The average molecular weight is 450 g/mol. The van der Waals surface area contributed by atoms with Crippen molar-refractivity contribution in [2.45, 2.75) is 42.9 Å². The average Bonchev–Trinajstić information content (AvgIpc) is 3.00. The highest BCUT2D eigenvalue weighted by Gasteiger charge is 2.49. The molecule has 172 valence electrons. The van der Waals surface area contributed by atoms with Gasteiger partial charge >= 0.3 is 0 Å². The van der Waals surface area contributed by atoms with E-state index in [0.717, 1.165) is 6.07 Å². The van der Waals surface area contributed by atoms with Crippen LogP contribution in [0.4, 0.5) is 0 Å². The number of phenolic OH excluding ortho intramolecular Hbond substituents is 2. The summed E-state index contributed by atoms with van der Waals surface area (Å²) in [6, 6.07) is 7.99. The number of ketones is 1. The van der Waals surface area contributed by atoms with Gasteiger partial charge in [-0.2, -0.15) is 0 Å². The first-order chi connectivity index (χ1) is 15.1. The Bertz CT molecular complexity index is 1010. The molecule has 1 saturated heterocycles. The van der Waals surface area contributed by atoms with E-state index in [1.165, 1.54) is 30.3 Å². The fourth-order valence-electron chi connectivity index (χ4n) is 3.68. The number of hydrogen-bond acceptors (Lipinski definition) is 11. The van der Waals surface area contributed by atoms with Crippen molar-refractivity contribution in [1.29, 1.82) is 0 Å². The van der Waals surface area contributed by atoms with Gasteiger partial charge in [0.1, 0.15) is 53.0 Å². The molecule has 11 nitrogen and oxygen atoms in total. The number of phenols is 2. The molecular weight excluding hydrogens is 428 g/mol. The van der Waals surface area contributed by atoms with E-state index in [2.05, 4.69) is 0 Å². The van der Waals surface area contributed by atoms with Crippen molar-refractivity contribution >= 4 is 5.78 Å². The van der Waals surface area contributed by atoms with Crippen molar-refractivity contribution in [3.8, 4) is 23.0 Å². The molecule has 7 N–H and O–H groups in total. The maximum Gasteiger partial charge on any atom is 0.277 e. The zero-order valence-corrected chi connectivity index (χ0v) is 16.5. The van der Waals surface area contributed by atoms with Gasteiger partial charge in [-0.1, -0.05) is 12.1 Å².